The predicted octanol–water partition coefficient (Wildman–Crippen LogP) is 3.54. The van der Waals surface area contributed by atoms with Gasteiger partial charge in [0.2, 0.25) is 0 Å². The van der Waals surface area contributed by atoms with Gasteiger partial charge in [-0.05, 0) is 48.4 Å². The topological polar surface area (TPSA) is 69.6 Å². The molecule has 1 aliphatic rings. The molecule has 0 aromatic heterocycles. The zero-order valence-electron chi connectivity index (χ0n) is 15.6. The molecule has 0 radical (unpaired) electrons. The van der Waals surface area contributed by atoms with Gasteiger partial charge in [0.25, 0.3) is 0 Å². The number of carboxylic acid groups (broad SMARTS) is 1. The lowest BCUT2D eigenvalue weighted by Crippen LogP contribution is -2.47. The smallest absolute Gasteiger partial charge is 0.317 e. The van der Waals surface area contributed by atoms with E-state index in [1.54, 1.807) is 0 Å². The summed E-state index contributed by atoms with van der Waals surface area (Å²) in [6.45, 7) is 3.36. The van der Waals surface area contributed by atoms with E-state index in [0.717, 1.165) is 12.0 Å². The third kappa shape index (κ3) is 5.09. The number of carbonyl (C=O) groups is 2. The molecule has 2 N–H and O–H groups in total. The van der Waals surface area contributed by atoms with Crippen LogP contribution in [0.25, 0.3) is 0 Å². The molecular formula is C22H26N2O3. The van der Waals surface area contributed by atoms with Crippen LogP contribution in [0.2, 0.25) is 0 Å². The summed E-state index contributed by atoms with van der Waals surface area (Å²) in [5, 5.41) is 12.1. The number of hydrogen-bond acceptors (Lipinski definition) is 2. The normalized spacial score (nSPS) is 14.3. The average Bonchev–Trinajstić information content (AvgIpc) is 2.67. The minimum Gasteiger partial charge on any atom is -0.481 e. The molecule has 0 fully saturated rings. The molecule has 2 amide bonds. The van der Waals surface area contributed by atoms with Crippen LogP contribution in [-0.2, 0) is 24.2 Å². The molecule has 1 atom stereocenters. The molecule has 0 bridgehead atoms. The molecule has 27 heavy (non-hydrogen) atoms. The molecule has 2 aromatic rings. The Morgan fingerprint density at radius 3 is 2.67 bits per heavy atom. The second-order valence-corrected chi connectivity index (χ2v) is 7.15. The number of carbonyl (C=O) groups excluding carboxylic acids is 1. The molecule has 1 heterocycles. The first kappa shape index (κ1) is 19.0. The van der Waals surface area contributed by atoms with Crippen LogP contribution in [0.5, 0.6) is 0 Å². The summed E-state index contributed by atoms with van der Waals surface area (Å²) >= 11 is 0. The number of fused-ring (bicyclic) bond motifs is 1. The predicted molar refractivity (Wildman–Crippen MR) is 105 cm³/mol. The largest absolute Gasteiger partial charge is 0.481 e. The van der Waals surface area contributed by atoms with Crippen molar-refractivity contribution in [2.75, 3.05) is 6.54 Å². The summed E-state index contributed by atoms with van der Waals surface area (Å²) in [6.07, 6.45) is 1.94. The van der Waals surface area contributed by atoms with E-state index < -0.39 is 5.97 Å². The number of urea groups is 1. The van der Waals surface area contributed by atoms with E-state index in [9.17, 15) is 9.59 Å². The molecule has 0 aliphatic carbocycles. The first-order valence-electron chi connectivity index (χ1n) is 9.41. The summed E-state index contributed by atoms with van der Waals surface area (Å²) in [4.78, 5) is 25.7. The van der Waals surface area contributed by atoms with Gasteiger partial charge in [0.05, 0.1) is 0 Å². The number of hydrogen-bond donors (Lipinski definition) is 2. The first-order chi connectivity index (χ1) is 13.0. The van der Waals surface area contributed by atoms with Crippen LogP contribution in [0.1, 0.15) is 35.1 Å². The van der Waals surface area contributed by atoms with Gasteiger partial charge in [-0.1, -0.05) is 48.5 Å². The van der Waals surface area contributed by atoms with Gasteiger partial charge in [-0.3, -0.25) is 4.79 Å². The van der Waals surface area contributed by atoms with Crippen molar-refractivity contribution >= 4 is 12.0 Å². The van der Waals surface area contributed by atoms with Crippen LogP contribution < -0.4 is 5.32 Å². The van der Waals surface area contributed by atoms with Crippen LogP contribution >= 0.6 is 0 Å². The highest BCUT2D eigenvalue weighted by molar-refractivity contribution is 5.75. The van der Waals surface area contributed by atoms with Crippen LogP contribution in [0.4, 0.5) is 4.79 Å². The number of nitrogens with zero attached hydrogens (tertiary/aromatic N) is 1. The molecule has 5 heteroatoms. The zero-order valence-corrected chi connectivity index (χ0v) is 15.6. The van der Waals surface area contributed by atoms with Crippen molar-refractivity contribution in [3.8, 4) is 0 Å². The fraction of sp³-hybridized carbons (Fsp3) is 0.364. The zero-order chi connectivity index (χ0) is 19.2. The molecule has 0 saturated carbocycles. The summed E-state index contributed by atoms with van der Waals surface area (Å²) in [5.74, 6) is -0.843. The van der Waals surface area contributed by atoms with Crippen molar-refractivity contribution in [3.05, 3.63) is 70.8 Å². The van der Waals surface area contributed by atoms with Gasteiger partial charge in [-0.25, -0.2) is 4.79 Å². The number of carboxylic acids is 1. The van der Waals surface area contributed by atoms with Crippen molar-refractivity contribution < 1.29 is 14.7 Å². The summed E-state index contributed by atoms with van der Waals surface area (Å²) < 4.78 is 0. The molecule has 1 aliphatic heterocycles. The number of benzene rings is 2. The average molecular weight is 366 g/mol. The summed E-state index contributed by atoms with van der Waals surface area (Å²) in [5.41, 5.74) is 4.83. The Balaban J connectivity index is 1.66. The van der Waals surface area contributed by atoms with Crippen molar-refractivity contribution in [2.24, 2.45) is 0 Å². The van der Waals surface area contributed by atoms with E-state index in [4.69, 9.17) is 5.11 Å². The van der Waals surface area contributed by atoms with Crippen molar-refractivity contribution in [1.82, 2.24) is 10.2 Å². The highest BCUT2D eigenvalue weighted by Gasteiger charge is 2.24. The van der Waals surface area contributed by atoms with E-state index in [1.807, 2.05) is 35.2 Å². The van der Waals surface area contributed by atoms with Crippen LogP contribution in [0.3, 0.4) is 0 Å². The minimum atomic E-state index is -0.843. The SMILES string of the molecule is Cc1cccc2c1CN(C(=O)NC(CCC(=O)O)Cc1ccccc1)CC2. The third-order valence-corrected chi connectivity index (χ3v) is 5.15. The maximum absolute atomic E-state index is 12.8. The quantitative estimate of drug-likeness (QED) is 0.822. The Morgan fingerprint density at radius 1 is 1.15 bits per heavy atom. The molecule has 142 valence electrons. The fourth-order valence-electron chi connectivity index (χ4n) is 3.61. The van der Waals surface area contributed by atoms with Crippen LogP contribution in [0.15, 0.2) is 48.5 Å². The number of aryl methyl sites for hydroxylation is 1. The molecule has 0 saturated heterocycles. The molecular weight excluding hydrogens is 340 g/mol. The number of nitrogens with one attached hydrogen (secondary N) is 1. The van der Waals surface area contributed by atoms with Gasteiger partial charge in [-0.2, -0.15) is 0 Å². The van der Waals surface area contributed by atoms with Gasteiger partial charge in [0.1, 0.15) is 0 Å². The Labute approximate surface area is 160 Å². The van der Waals surface area contributed by atoms with Gasteiger partial charge in [-0.15, -0.1) is 0 Å². The van der Waals surface area contributed by atoms with E-state index >= 15 is 0 Å². The lowest BCUT2D eigenvalue weighted by atomic mass is 9.96. The number of rotatable bonds is 6. The Hall–Kier alpha value is -2.82. The molecule has 3 rings (SSSR count). The van der Waals surface area contributed by atoms with Gasteiger partial charge >= 0.3 is 12.0 Å². The third-order valence-electron chi connectivity index (χ3n) is 5.15. The second-order valence-electron chi connectivity index (χ2n) is 7.15. The maximum atomic E-state index is 12.8. The monoisotopic (exact) mass is 366 g/mol. The standard InChI is InChI=1S/C22H26N2O3/c1-16-6-5-9-18-12-13-24(15-20(16)18)22(27)23-19(10-11-21(25)26)14-17-7-3-2-4-8-17/h2-9,19H,10-15H2,1H3,(H,23,27)(H,25,26). The maximum Gasteiger partial charge on any atom is 0.317 e. The van der Waals surface area contributed by atoms with Crippen LogP contribution in [-0.4, -0.2) is 34.6 Å². The van der Waals surface area contributed by atoms with E-state index in [-0.39, 0.29) is 18.5 Å². The lowest BCUT2D eigenvalue weighted by Gasteiger charge is -2.31. The highest BCUT2D eigenvalue weighted by Crippen LogP contribution is 2.22. The summed E-state index contributed by atoms with van der Waals surface area (Å²) in [6, 6.07) is 15.8. The van der Waals surface area contributed by atoms with E-state index in [1.165, 1.54) is 16.7 Å². The van der Waals surface area contributed by atoms with Crippen molar-refractivity contribution in [1.29, 1.82) is 0 Å². The first-order valence-corrected chi connectivity index (χ1v) is 9.41. The van der Waals surface area contributed by atoms with E-state index in [2.05, 4.69) is 30.4 Å². The Morgan fingerprint density at radius 2 is 1.93 bits per heavy atom. The summed E-state index contributed by atoms with van der Waals surface area (Å²) in [7, 11) is 0. The Bertz CT molecular complexity index is 804. The molecule has 0 spiro atoms. The van der Waals surface area contributed by atoms with Crippen molar-refractivity contribution in [2.45, 2.75) is 45.2 Å². The van der Waals surface area contributed by atoms with Gasteiger partial charge < -0.3 is 15.3 Å². The second kappa shape index (κ2) is 8.71. The minimum absolute atomic E-state index is 0.0414. The van der Waals surface area contributed by atoms with Crippen molar-refractivity contribution in [3.63, 3.8) is 0 Å². The highest BCUT2D eigenvalue weighted by atomic mass is 16.4. The number of amides is 2. The van der Waals surface area contributed by atoms with Crippen LogP contribution in [0, 0.1) is 6.92 Å². The Kier molecular flexibility index (Phi) is 6.12. The van der Waals surface area contributed by atoms with Gasteiger partial charge in [0, 0.05) is 25.6 Å². The lowest BCUT2D eigenvalue weighted by molar-refractivity contribution is -0.137. The van der Waals surface area contributed by atoms with Gasteiger partial charge in [0.15, 0.2) is 0 Å². The molecule has 5 nitrogen and oxygen atoms in total. The fourth-order valence-corrected chi connectivity index (χ4v) is 3.61. The molecule has 1 unspecified atom stereocenters. The molecule has 2 aromatic carbocycles. The van der Waals surface area contributed by atoms with E-state index in [0.29, 0.717) is 25.9 Å². The number of aliphatic carboxylic acids is 1.